The molecule has 0 saturated carbocycles. The molecule has 11 heteroatoms. The van der Waals surface area contributed by atoms with Crippen LogP contribution in [0.3, 0.4) is 0 Å². The van der Waals surface area contributed by atoms with Crippen LogP contribution in [0.25, 0.3) is 11.5 Å². The Kier molecular flexibility index (Phi) is 5.61. The zero-order chi connectivity index (χ0) is 24.6. The number of fused-ring (bicyclic) bond motifs is 1. The summed E-state index contributed by atoms with van der Waals surface area (Å²) in [6.07, 6.45) is 4.89. The molecule has 178 valence electrons. The molecule has 35 heavy (non-hydrogen) atoms. The molecule has 0 fully saturated rings. The lowest BCUT2D eigenvalue weighted by molar-refractivity contribution is 0.0940. The molecule has 0 spiro atoms. The molecular formula is C24H24N8O3. The number of carbonyl (C=O) groups excluding carboxylic acids is 1. The van der Waals surface area contributed by atoms with Crippen LogP contribution >= 0.6 is 0 Å². The van der Waals surface area contributed by atoms with Gasteiger partial charge in [-0.15, -0.1) is 10.2 Å². The van der Waals surface area contributed by atoms with Crippen molar-refractivity contribution in [3.63, 3.8) is 0 Å². The fourth-order valence-corrected chi connectivity index (χ4v) is 3.99. The Labute approximate surface area is 201 Å². The van der Waals surface area contributed by atoms with E-state index in [-0.39, 0.29) is 18.4 Å². The standard InChI is InChI=1S/C24H24N8O3/c1-13-31-32-22(35-13)17-11-26-23(29-20(17)28-19(12-33)14-6-8-25-9-7-14)27-15-4-5-16-18(10-15)24(2,3)30-21(16)34/h4-11,19,33H,12H2,1-3H3,(H,30,34)(H2,26,27,28,29)/t19-/m1/s1. The van der Waals surface area contributed by atoms with Gasteiger partial charge in [-0.2, -0.15) is 4.98 Å². The van der Waals surface area contributed by atoms with Crippen molar-refractivity contribution >= 4 is 23.4 Å². The van der Waals surface area contributed by atoms with E-state index in [0.29, 0.717) is 28.8 Å². The predicted molar refractivity (Wildman–Crippen MR) is 128 cm³/mol. The Morgan fingerprint density at radius 3 is 2.66 bits per heavy atom. The second-order valence-corrected chi connectivity index (χ2v) is 8.71. The van der Waals surface area contributed by atoms with Crippen molar-refractivity contribution in [3.05, 3.63) is 71.5 Å². The van der Waals surface area contributed by atoms with Crippen molar-refractivity contribution < 1.29 is 14.3 Å². The van der Waals surface area contributed by atoms with Gasteiger partial charge in [0.1, 0.15) is 5.82 Å². The van der Waals surface area contributed by atoms with Gasteiger partial charge in [0.05, 0.1) is 23.8 Å². The second-order valence-electron chi connectivity index (χ2n) is 8.71. The van der Waals surface area contributed by atoms with Crippen LogP contribution in [0.5, 0.6) is 0 Å². The number of hydrogen-bond donors (Lipinski definition) is 4. The zero-order valence-corrected chi connectivity index (χ0v) is 19.4. The summed E-state index contributed by atoms with van der Waals surface area (Å²) in [4.78, 5) is 25.3. The Morgan fingerprint density at radius 1 is 1.14 bits per heavy atom. The molecule has 0 radical (unpaired) electrons. The lowest BCUT2D eigenvalue weighted by atomic mass is 9.94. The summed E-state index contributed by atoms with van der Waals surface area (Å²) in [5, 5.41) is 27.5. The molecule has 0 aliphatic carbocycles. The molecule has 4 heterocycles. The van der Waals surface area contributed by atoms with E-state index in [4.69, 9.17) is 4.42 Å². The number of aromatic nitrogens is 5. The highest BCUT2D eigenvalue weighted by Crippen LogP contribution is 2.34. The summed E-state index contributed by atoms with van der Waals surface area (Å²) in [5.74, 6) is 1.29. The minimum absolute atomic E-state index is 0.0929. The molecule has 1 atom stereocenters. The summed E-state index contributed by atoms with van der Waals surface area (Å²) in [6, 6.07) is 8.66. The number of benzene rings is 1. The average molecular weight is 473 g/mol. The fourth-order valence-electron chi connectivity index (χ4n) is 3.99. The largest absolute Gasteiger partial charge is 0.421 e. The van der Waals surface area contributed by atoms with Crippen molar-refractivity contribution in [1.29, 1.82) is 0 Å². The summed E-state index contributed by atoms with van der Waals surface area (Å²) in [7, 11) is 0. The summed E-state index contributed by atoms with van der Waals surface area (Å²) in [5.41, 5.74) is 3.12. The topological polar surface area (TPSA) is 151 Å². The Balaban J connectivity index is 1.50. The maximum Gasteiger partial charge on any atom is 0.253 e. The van der Waals surface area contributed by atoms with E-state index in [1.807, 2.05) is 32.0 Å². The highest BCUT2D eigenvalue weighted by molar-refractivity contribution is 6.00. The maximum absolute atomic E-state index is 12.2. The molecule has 1 aliphatic rings. The monoisotopic (exact) mass is 472 g/mol. The highest BCUT2D eigenvalue weighted by atomic mass is 16.4. The minimum atomic E-state index is -0.476. The zero-order valence-electron chi connectivity index (χ0n) is 19.4. The number of hydrogen-bond acceptors (Lipinski definition) is 10. The lowest BCUT2D eigenvalue weighted by Crippen LogP contribution is -2.32. The third kappa shape index (κ3) is 4.41. The molecule has 1 amide bonds. The number of amides is 1. The summed E-state index contributed by atoms with van der Waals surface area (Å²) < 4.78 is 5.60. The van der Waals surface area contributed by atoms with E-state index < -0.39 is 11.6 Å². The summed E-state index contributed by atoms with van der Waals surface area (Å²) in [6.45, 7) is 5.42. The first-order chi connectivity index (χ1) is 16.8. The Morgan fingerprint density at radius 2 is 1.94 bits per heavy atom. The van der Waals surface area contributed by atoms with Gasteiger partial charge in [0.2, 0.25) is 11.8 Å². The van der Waals surface area contributed by atoms with Gasteiger partial charge < -0.3 is 25.5 Å². The van der Waals surface area contributed by atoms with Gasteiger partial charge in [0.15, 0.2) is 0 Å². The average Bonchev–Trinajstić information content (AvgIpc) is 3.37. The van der Waals surface area contributed by atoms with E-state index in [9.17, 15) is 9.90 Å². The van der Waals surface area contributed by atoms with Gasteiger partial charge in [-0.3, -0.25) is 9.78 Å². The van der Waals surface area contributed by atoms with Crippen LogP contribution in [0.15, 0.2) is 53.3 Å². The molecule has 0 unspecified atom stereocenters. The van der Waals surface area contributed by atoms with Crippen molar-refractivity contribution in [2.75, 3.05) is 17.2 Å². The SMILES string of the molecule is Cc1nnc(-c2cnc(Nc3ccc4c(c3)C(C)(C)NC4=O)nc2N[C@H](CO)c2ccncc2)o1. The number of aliphatic hydroxyl groups excluding tert-OH is 1. The van der Waals surface area contributed by atoms with Gasteiger partial charge in [-0.1, -0.05) is 0 Å². The first-order valence-corrected chi connectivity index (χ1v) is 11.0. The number of carbonyl (C=O) groups is 1. The quantitative estimate of drug-likeness (QED) is 0.316. The first kappa shape index (κ1) is 22.4. The number of rotatable bonds is 7. The molecule has 4 aromatic rings. The number of anilines is 3. The van der Waals surface area contributed by atoms with Gasteiger partial charge >= 0.3 is 0 Å². The van der Waals surface area contributed by atoms with E-state index in [1.54, 1.807) is 37.6 Å². The molecule has 4 N–H and O–H groups in total. The van der Waals surface area contributed by atoms with E-state index in [2.05, 4.69) is 41.1 Å². The number of pyridine rings is 1. The van der Waals surface area contributed by atoms with Gasteiger partial charge in [-0.25, -0.2) is 4.98 Å². The summed E-state index contributed by atoms with van der Waals surface area (Å²) >= 11 is 0. The third-order valence-electron chi connectivity index (χ3n) is 5.77. The van der Waals surface area contributed by atoms with Crippen LogP contribution in [0.4, 0.5) is 17.5 Å². The molecule has 5 rings (SSSR count). The first-order valence-electron chi connectivity index (χ1n) is 11.0. The maximum atomic E-state index is 12.2. The smallest absolute Gasteiger partial charge is 0.253 e. The number of nitrogens with one attached hydrogen (secondary N) is 3. The van der Waals surface area contributed by atoms with Gasteiger partial charge in [0.25, 0.3) is 11.8 Å². The van der Waals surface area contributed by atoms with Crippen molar-refractivity contribution in [1.82, 2.24) is 30.5 Å². The molecular weight excluding hydrogens is 448 g/mol. The Bertz CT molecular complexity index is 1390. The molecule has 1 aliphatic heterocycles. The molecule has 1 aromatic carbocycles. The molecule has 11 nitrogen and oxygen atoms in total. The minimum Gasteiger partial charge on any atom is -0.421 e. The number of aryl methyl sites for hydroxylation is 1. The van der Waals surface area contributed by atoms with Crippen LogP contribution in [0, 0.1) is 6.92 Å². The normalized spacial score (nSPS) is 14.8. The van der Waals surface area contributed by atoms with Crippen LogP contribution in [-0.4, -0.2) is 42.8 Å². The van der Waals surface area contributed by atoms with Crippen molar-refractivity contribution in [2.24, 2.45) is 0 Å². The van der Waals surface area contributed by atoms with Crippen LogP contribution in [0.2, 0.25) is 0 Å². The van der Waals surface area contributed by atoms with E-state index in [1.165, 1.54) is 0 Å². The molecule has 3 aromatic heterocycles. The highest BCUT2D eigenvalue weighted by Gasteiger charge is 2.35. The number of aliphatic hydroxyl groups is 1. The third-order valence-corrected chi connectivity index (χ3v) is 5.77. The van der Waals surface area contributed by atoms with Crippen LogP contribution in [-0.2, 0) is 5.54 Å². The predicted octanol–water partition coefficient (Wildman–Crippen LogP) is 3.10. The Hall–Kier alpha value is -4.38. The van der Waals surface area contributed by atoms with Crippen LogP contribution < -0.4 is 16.0 Å². The lowest BCUT2D eigenvalue weighted by Gasteiger charge is -2.20. The van der Waals surface area contributed by atoms with E-state index >= 15 is 0 Å². The van der Waals surface area contributed by atoms with Crippen molar-refractivity contribution in [2.45, 2.75) is 32.4 Å². The van der Waals surface area contributed by atoms with Gasteiger partial charge in [-0.05, 0) is 55.3 Å². The van der Waals surface area contributed by atoms with Crippen molar-refractivity contribution in [3.8, 4) is 11.5 Å². The van der Waals surface area contributed by atoms with Crippen LogP contribution in [0.1, 0.15) is 47.3 Å². The van der Waals surface area contributed by atoms with Gasteiger partial charge in [0, 0.05) is 36.8 Å². The van der Waals surface area contributed by atoms with E-state index in [0.717, 1.165) is 16.8 Å². The second kappa shape index (κ2) is 8.76. The number of nitrogens with zero attached hydrogens (tertiary/aromatic N) is 5. The molecule has 0 bridgehead atoms. The fraction of sp³-hybridized carbons (Fsp3) is 0.250. The molecule has 0 saturated heterocycles.